The third-order valence-corrected chi connectivity index (χ3v) is 8.98. The summed E-state index contributed by atoms with van der Waals surface area (Å²) in [5.41, 5.74) is 0.183. The number of ketones is 1. The van der Waals surface area contributed by atoms with Gasteiger partial charge in [-0.3, -0.25) is 9.59 Å². The zero-order chi connectivity index (χ0) is 26.8. The van der Waals surface area contributed by atoms with E-state index in [4.69, 9.17) is 9.47 Å². The van der Waals surface area contributed by atoms with Gasteiger partial charge in [0.25, 0.3) is 0 Å². The second kappa shape index (κ2) is 11.4. The van der Waals surface area contributed by atoms with Gasteiger partial charge in [0, 0.05) is 17.7 Å². The molecule has 202 valence electrons. The van der Waals surface area contributed by atoms with Gasteiger partial charge < -0.3 is 19.7 Å². The average Bonchev–Trinajstić information content (AvgIpc) is 3.24. The summed E-state index contributed by atoms with van der Waals surface area (Å²) < 4.78 is 12.0. The minimum Gasteiger partial charge on any atom is -0.458 e. The highest BCUT2D eigenvalue weighted by Crippen LogP contribution is 2.45. The Bertz CT molecular complexity index is 971. The maximum atomic E-state index is 13.4. The van der Waals surface area contributed by atoms with E-state index in [2.05, 4.69) is 11.9 Å². The van der Waals surface area contributed by atoms with Crippen molar-refractivity contribution in [2.75, 3.05) is 0 Å². The van der Waals surface area contributed by atoms with Crippen molar-refractivity contribution in [3.05, 3.63) is 21.7 Å². The van der Waals surface area contributed by atoms with Crippen LogP contribution in [-0.2, 0) is 19.1 Å². The molecule has 2 fully saturated rings. The van der Waals surface area contributed by atoms with Gasteiger partial charge in [-0.1, -0.05) is 34.1 Å². The lowest BCUT2D eigenvalue weighted by atomic mass is 9.71. The Kier molecular flexibility index (Phi) is 9.18. The minimum atomic E-state index is -1.23. The van der Waals surface area contributed by atoms with Gasteiger partial charge in [0.2, 0.25) is 0 Å². The fourth-order valence-electron chi connectivity index (χ4n) is 5.29. The summed E-state index contributed by atoms with van der Waals surface area (Å²) in [6.07, 6.45) is 2.49. The topological polar surface area (TPSA) is 109 Å². The molecular formula is C28H43NO6S. The molecule has 2 N–H and O–H groups in total. The number of nitrogens with zero attached hydrogens (tertiary/aromatic N) is 1. The zero-order valence-corrected chi connectivity index (χ0v) is 23.6. The van der Waals surface area contributed by atoms with Crippen molar-refractivity contribution in [2.45, 2.75) is 117 Å². The van der Waals surface area contributed by atoms with Gasteiger partial charge >= 0.3 is 5.97 Å². The van der Waals surface area contributed by atoms with Gasteiger partial charge in [-0.05, 0) is 57.6 Å². The molecule has 36 heavy (non-hydrogen) atoms. The highest BCUT2D eigenvalue weighted by Gasteiger charge is 2.53. The number of esters is 1. The predicted molar refractivity (Wildman–Crippen MR) is 140 cm³/mol. The summed E-state index contributed by atoms with van der Waals surface area (Å²) in [5, 5.41) is 24.9. The number of aryl methyl sites for hydroxylation is 1. The maximum Gasteiger partial charge on any atom is 0.309 e. The van der Waals surface area contributed by atoms with Crippen molar-refractivity contribution in [1.29, 1.82) is 0 Å². The Morgan fingerprint density at radius 3 is 2.58 bits per heavy atom. The Labute approximate surface area is 219 Å². The van der Waals surface area contributed by atoms with E-state index in [1.807, 2.05) is 39.2 Å². The van der Waals surface area contributed by atoms with Crippen molar-refractivity contribution in [2.24, 2.45) is 17.3 Å². The summed E-state index contributed by atoms with van der Waals surface area (Å²) in [7, 11) is 0. The summed E-state index contributed by atoms with van der Waals surface area (Å²) in [6.45, 7) is 13.1. The Hall–Kier alpha value is -1.61. The quantitative estimate of drug-likeness (QED) is 0.431. The molecule has 0 saturated carbocycles. The van der Waals surface area contributed by atoms with Crippen LogP contribution in [0.2, 0.25) is 0 Å². The van der Waals surface area contributed by atoms with Crippen LogP contribution in [0.15, 0.2) is 11.0 Å². The first-order valence-corrected chi connectivity index (χ1v) is 14.0. The molecule has 2 aliphatic heterocycles. The SMILES string of the molecule is CC[C@H]1C(=O)C(C)(C)[C@@H](O)CC(=O)O[C@H](/C(C)=C/c2csc(C)n2)C[C@H]2O[C@@]2(C)CCC[C@H](C)[C@H]1O. The lowest BCUT2D eigenvalue weighted by Gasteiger charge is -2.35. The van der Waals surface area contributed by atoms with Gasteiger partial charge in [0.05, 0.1) is 46.5 Å². The van der Waals surface area contributed by atoms with Crippen LogP contribution in [0.3, 0.4) is 0 Å². The molecule has 0 aliphatic carbocycles. The number of thiazole rings is 1. The van der Waals surface area contributed by atoms with E-state index in [0.29, 0.717) is 12.8 Å². The van der Waals surface area contributed by atoms with Gasteiger partial charge in [-0.25, -0.2) is 4.98 Å². The van der Waals surface area contributed by atoms with E-state index in [1.54, 1.807) is 25.2 Å². The zero-order valence-electron chi connectivity index (χ0n) is 22.7. The molecule has 0 bridgehead atoms. The standard InChI is InChI=1S/C28H43NO6S/c1-8-20-25(32)16(2)10-9-11-28(7)23(35-28)13-21(17(3)12-19-15-36-18(4)29-19)34-24(31)14-22(30)27(5,6)26(20)33/h12,15-16,20-23,25,30,32H,8-11,13-14H2,1-7H3/b17-12+/t16-,20+,21-,22-,23+,25+,28-/m0/s1. The van der Waals surface area contributed by atoms with Crippen LogP contribution in [-0.4, -0.2) is 57.0 Å². The lowest BCUT2D eigenvalue weighted by molar-refractivity contribution is -0.154. The van der Waals surface area contributed by atoms with E-state index >= 15 is 0 Å². The number of fused-ring (bicyclic) bond motifs is 1. The summed E-state index contributed by atoms with van der Waals surface area (Å²) in [6, 6.07) is 0. The molecule has 0 spiro atoms. The third-order valence-electron chi connectivity index (χ3n) is 8.19. The highest BCUT2D eigenvalue weighted by atomic mass is 32.1. The van der Waals surface area contributed by atoms with E-state index in [-0.39, 0.29) is 29.8 Å². The molecular weight excluding hydrogens is 478 g/mol. The number of ether oxygens (including phenoxy) is 2. The smallest absolute Gasteiger partial charge is 0.309 e. The summed E-state index contributed by atoms with van der Waals surface area (Å²) in [5.74, 6) is -1.45. The van der Waals surface area contributed by atoms with Crippen LogP contribution in [0, 0.1) is 24.2 Å². The molecule has 2 saturated heterocycles. The van der Waals surface area contributed by atoms with Gasteiger partial charge in [-0.15, -0.1) is 11.3 Å². The van der Waals surface area contributed by atoms with E-state index in [1.165, 1.54) is 0 Å². The van der Waals surface area contributed by atoms with Crippen LogP contribution in [0.5, 0.6) is 0 Å². The van der Waals surface area contributed by atoms with Crippen LogP contribution < -0.4 is 0 Å². The number of hydrogen-bond donors (Lipinski definition) is 2. The number of aromatic nitrogens is 1. The molecule has 8 heteroatoms. The second-order valence-electron chi connectivity index (χ2n) is 11.5. The van der Waals surface area contributed by atoms with E-state index in [9.17, 15) is 19.8 Å². The third kappa shape index (κ3) is 6.63. The summed E-state index contributed by atoms with van der Waals surface area (Å²) in [4.78, 5) is 30.9. The Morgan fingerprint density at radius 2 is 1.97 bits per heavy atom. The monoisotopic (exact) mass is 521 g/mol. The highest BCUT2D eigenvalue weighted by molar-refractivity contribution is 7.09. The first-order valence-electron chi connectivity index (χ1n) is 13.2. The van der Waals surface area contributed by atoms with Crippen LogP contribution in [0.1, 0.15) is 90.8 Å². The Morgan fingerprint density at radius 1 is 1.28 bits per heavy atom. The van der Waals surface area contributed by atoms with Crippen molar-refractivity contribution >= 4 is 29.2 Å². The molecule has 7 atom stereocenters. The number of hydrogen-bond acceptors (Lipinski definition) is 8. The van der Waals surface area contributed by atoms with Crippen LogP contribution in [0.25, 0.3) is 6.08 Å². The van der Waals surface area contributed by atoms with Crippen molar-refractivity contribution in [3.8, 4) is 0 Å². The number of carbonyl (C=O) groups is 2. The van der Waals surface area contributed by atoms with Crippen molar-refractivity contribution in [1.82, 2.24) is 4.98 Å². The van der Waals surface area contributed by atoms with Crippen LogP contribution >= 0.6 is 11.3 Å². The maximum absolute atomic E-state index is 13.4. The normalized spacial score (nSPS) is 36.8. The molecule has 7 nitrogen and oxygen atoms in total. The van der Waals surface area contributed by atoms with Crippen LogP contribution in [0.4, 0.5) is 0 Å². The number of carbonyl (C=O) groups excluding carboxylic acids is 2. The second-order valence-corrected chi connectivity index (χ2v) is 12.6. The fraction of sp³-hybridized carbons (Fsp3) is 0.750. The molecule has 2 aliphatic rings. The lowest BCUT2D eigenvalue weighted by Crippen LogP contribution is -2.46. The van der Waals surface area contributed by atoms with Gasteiger partial charge in [0.15, 0.2) is 0 Å². The molecule has 0 aromatic carbocycles. The number of Topliss-reactive ketones (excluding diaryl/α,β-unsaturated/α-hetero) is 1. The molecule has 0 radical (unpaired) electrons. The largest absolute Gasteiger partial charge is 0.458 e. The minimum absolute atomic E-state index is 0.0460. The number of aliphatic hydroxyl groups excluding tert-OH is 2. The first-order chi connectivity index (χ1) is 16.8. The van der Waals surface area contributed by atoms with E-state index < -0.39 is 35.6 Å². The summed E-state index contributed by atoms with van der Waals surface area (Å²) >= 11 is 1.56. The van der Waals surface area contributed by atoms with Gasteiger partial charge in [0.1, 0.15) is 11.9 Å². The number of cyclic esters (lactones) is 1. The van der Waals surface area contributed by atoms with Crippen molar-refractivity contribution < 1.29 is 29.3 Å². The number of aliphatic hydroxyl groups is 2. The molecule has 3 rings (SSSR count). The molecule has 1 aromatic heterocycles. The average molecular weight is 522 g/mol. The molecule has 0 unspecified atom stereocenters. The predicted octanol–water partition coefficient (Wildman–Crippen LogP) is 4.87. The molecule has 0 amide bonds. The number of rotatable bonds is 3. The fourth-order valence-corrected chi connectivity index (χ4v) is 5.86. The molecule has 1 aromatic rings. The van der Waals surface area contributed by atoms with E-state index in [0.717, 1.165) is 35.5 Å². The first kappa shape index (κ1) is 29.0. The molecule has 3 heterocycles. The van der Waals surface area contributed by atoms with Gasteiger partial charge in [-0.2, -0.15) is 0 Å². The number of epoxide rings is 1. The van der Waals surface area contributed by atoms with Crippen molar-refractivity contribution in [3.63, 3.8) is 0 Å². The Balaban J connectivity index is 1.87.